The molecule has 8 heteroatoms. The van der Waals surface area contributed by atoms with Crippen LogP contribution in [0.2, 0.25) is 0 Å². The van der Waals surface area contributed by atoms with Gasteiger partial charge in [-0.25, -0.2) is 8.42 Å². The molecule has 1 amide bonds. The molecular formula is C21H28N2O4S2. The van der Waals surface area contributed by atoms with Crippen LogP contribution in [0.25, 0.3) is 0 Å². The standard InChI is InChI=1S/C21H28N2O4S2/c1-2-27-19-12-11-17(22-21(24)10-6-8-18-9-7-15-28-18)16-20(19)29(25,26)23-13-4-3-5-14-23/h7,9,11-12,15-16H,2-6,8,10,13-14H2,1H3,(H,22,24). The molecule has 2 aromatic rings. The number of nitrogens with zero attached hydrogens (tertiary/aromatic N) is 1. The first kappa shape index (κ1) is 21.8. The predicted octanol–water partition coefficient (Wildman–Crippen LogP) is 4.28. The Morgan fingerprint density at radius 2 is 2.00 bits per heavy atom. The van der Waals surface area contributed by atoms with Crippen LogP contribution in [-0.2, 0) is 21.2 Å². The van der Waals surface area contributed by atoms with Gasteiger partial charge in [-0.3, -0.25) is 4.79 Å². The number of anilines is 1. The minimum atomic E-state index is -3.66. The van der Waals surface area contributed by atoms with Gasteiger partial charge in [0.2, 0.25) is 15.9 Å². The van der Waals surface area contributed by atoms with Crippen molar-refractivity contribution in [3.05, 3.63) is 40.6 Å². The molecule has 2 heterocycles. The summed E-state index contributed by atoms with van der Waals surface area (Å²) in [6, 6.07) is 8.90. The van der Waals surface area contributed by atoms with Gasteiger partial charge in [-0.15, -0.1) is 11.3 Å². The smallest absolute Gasteiger partial charge is 0.246 e. The number of carbonyl (C=O) groups is 1. The van der Waals surface area contributed by atoms with Crippen LogP contribution in [0.1, 0.15) is 43.9 Å². The predicted molar refractivity (Wildman–Crippen MR) is 116 cm³/mol. The van der Waals surface area contributed by atoms with Gasteiger partial charge in [0.25, 0.3) is 0 Å². The minimum Gasteiger partial charge on any atom is -0.492 e. The highest BCUT2D eigenvalue weighted by molar-refractivity contribution is 7.89. The Kier molecular flexibility index (Phi) is 7.69. The molecule has 0 radical (unpaired) electrons. The monoisotopic (exact) mass is 436 g/mol. The van der Waals surface area contributed by atoms with Crippen molar-refractivity contribution in [3.8, 4) is 5.75 Å². The quantitative estimate of drug-likeness (QED) is 0.636. The largest absolute Gasteiger partial charge is 0.492 e. The first-order valence-corrected chi connectivity index (χ1v) is 12.4. The van der Waals surface area contributed by atoms with Crippen LogP contribution in [-0.4, -0.2) is 38.3 Å². The zero-order valence-corrected chi connectivity index (χ0v) is 18.4. The zero-order valence-electron chi connectivity index (χ0n) is 16.7. The van der Waals surface area contributed by atoms with Crippen molar-refractivity contribution < 1.29 is 17.9 Å². The van der Waals surface area contributed by atoms with Crippen molar-refractivity contribution in [1.82, 2.24) is 4.31 Å². The number of thiophene rings is 1. The fraction of sp³-hybridized carbons (Fsp3) is 0.476. The average Bonchev–Trinajstić information content (AvgIpc) is 3.23. The number of sulfonamides is 1. The summed E-state index contributed by atoms with van der Waals surface area (Å²) in [7, 11) is -3.66. The summed E-state index contributed by atoms with van der Waals surface area (Å²) in [4.78, 5) is 13.7. The van der Waals surface area contributed by atoms with Crippen molar-refractivity contribution in [2.24, 2.45) is 0 Å². The number of rotatable bonds is 9. The Bertz CT molecular complexity index is 905. The van der Waals surface area contributed by atoms with E-state index in [4.69, 9.17) is 4.74 Å². The minimum absolute atomic E-state index is 0.118. The van der Waals surface area contributed by atoms with Gasteiger partial charge in [0.05, 0.1) is 6.61 Å². The van der Waals surface area contributed by atoms with E-state index in [-0.39, 0.29) is 10.8 Å². The van der Waals surface area contributed by atoms with Gasteiger partial charge in [0, 0.05) is 30.1 Å². The van der Waals surface area contributed by atoms with E-state index >= 15 is 0 Å². The third kappa shape index (κ3) is 5.81. The van der Waals surface area contributed by atoms with Gasteiger partial charge in [-0.1, -0.05) is 12.5 Å². The molecule has 1 N–H and O–H groups in total. The molecule has 0 bridgehead atoms. The van der Waals surface area contributed by atoms with Crippen LogP contribution in [0.4, 0.5) is 5.69 Å². The number of ether oxygens (including phenoxy) is 1. The normalized spacial score (nSPS) is 15.2. The SMILES string of the molecule is CCOc1ccc(NC(=O)CCCc2cccs2)cc1S(=O)(=O)N1CCCCC1. The van der Waals surface area contributed by atoms with Gasteiger partial charge in [0.1, 0.15) is 10.6 Å². The lowest BCUT2D eigenvalue weighted by Gasteiger charge is -2.27. The Hall–Kier alpha value is -1.90. The molecule has 1 aromatic carbocycles. The number of benzene rings is 1. The molecule has 1 aliphatic heterocycles. The average molecular weight is 437 g/mol. The number of carbonyl (C=O) groups excluding carboxylic acids is 1. The highest BCUT2D eigenvalue weighted by Crippen LogP contribution is 2.31. The number of aryl methyl sites for hydroxylation is 1. The van der Waals surface area contributed by atoms with Crippen LogP contribution < -0.4 is 10.1 Å². The van der Waals surface area contributed by atoms with Gasteiger partial charge in [0.15, 0.2) is 0 Å². The summed E-state index contributed by atoms with van der Waals surface area (Å²) >= 11 is 1.69. The molecule has 1 fully saturated rings. The first-order chi connectivity index (χ1) is 14.0. The lowest BCUT2D eigenvalue weighted by atomic mass is 10.2. The molecule has 0 saturated carbocycles. The zero-order chi connectivity index (χ0) is 20.7. The highest BCUT2D eigenvalue weighted by atomic mass is 32.2. The van der Waals surface area contributed by atoms with E-state index in [1.54, 1.807) is 23.5 Å². The molecule has 0 aliphatic carbocycles. The molecule has 29 heavy (non-hydrogen) atoms. The number of piperidine rings is 1. The summed E-state index contributed by atoms with van der Waals surface area (Å²) in [5, 5.41) is 4.86. The molecule has 158 valence electrons. The summed E-state index contributed by atoms with van der Waals surface area (Å²) in [5.74, 6) is 0.209. The van der Waals surface area contributed by atoms with Gasteiger partial charge in [-0.05, 0) is 62.3 Å². The van der Waals surface area contributed by atoms with Crippen molar-refractivity contribution >= 4 is 33.0 Å². The van der Waals surface area contributed by atoms with E-state index in [1.807, 2.05) is 18.4 Å². The van der Waals surface area contributed by atoms with Crippen LogP contribution in [0.3, 0.4) is 0 Å². The third-order valence-corrected chi connectivity index (χ3v) is 7.72. The molecule has 1 aromatic heterocycles. The lowest BCUT2D eigenvalue weighted by molar-refractivity contribution is -0.116. The van der Waals surface area contributed by atoms with E-state index in [0.717, 1.165) is 32.1 Å². The van der Waals surface area contributed by atoms with E-state index in [9.17, 15) is 13.2 Å². The Labute approximate surface area is 176 Å². The fourth-order valence-corrected chi connectivity index (χ4v) is 5.83. The molecule has 6 nitrogen and oxygen atoms in total. The number of hydrogen-bond donors (Lipinski definition) is 1. The second kappa shape index (κ2) is 10.2. The summed E-state index contributed by atoms with van der Waals surface area (Å²) in [5.41, 5.74) is 0.477. The molecule has 0 spiro atoms. The molecule has 1 aliphatic rings. The second-order valence-electron chi connectivity index (χ2n) is 7.04. The summed E-state index contributed by atoms with van der Waals surface area (Å²) in [6.45, 7) is 3.23. The topological polar surface area (TPSA) is 75.7 Å². The maximum atomic E-state index is 13.2. The number of amides is 1. The van der Waals surface area contributed by atoms with Crippen LogP contribution in [0.15, 0.2) is 40.6 Å². The van der Waals surface area contributed by atoms with E-state index in [0.29, 0.717) is 37.6 Å². The van der Waals surface area contributed by atoms with Crippen LogP contribution in [0.5, 0.6) is 5.75 Å². The maximum Gasteiger partial charge on any atom is 0.246 e. The first-order valence-electron chi connectivity index (χ1n) is 10.1. The Morgan fingerprint density at radius 1 is 1.21 bits per heavy atom. The van der Waals surface area contributed by atoms with E-state index in [1.165, 1.54) is 15.2 Å². The molecule has 0 unspecified atom stereocenters. The fourth-order valence-electron chi connectivity index (χ4n) is 3.41. The molecule has 3 rings (SSSR count). The summed E-state index contributed by atoms with van der Waals surface area (Å²) in [6.07, 6.45) is 4.78. The van der Waals surface area contributed by atoms with Crippen molar-refractivity contribution in [2.45, 2.75) is 50.3 Å². The molecular weight excluding hydrogens is 408 g/mol. The number of nitrogens with one attached hydrogen (secondary N) is 1. The number of hydrogen-bond acceptors (Lipinski definition) is 5. The van der Waals surface area contributed by atoms with Crippen LogP contribution >= 0.6 is 11.3 Å². The Morgan fingerprint density at radius 3 is 2.69 bits per heavy atom. The maximum absolute atomic E-state index is 13.2. The third-order valence-electron chi connectivity index (χ3n) is 4.87. The van der Waals surface area contributed by atoms with E-state index in [2.05, 4.69) is 11.4 Å². The Balaban J connectivity index is 1.71. The van der Waals surface area contributed by atoms with Crippen LogP contribution in [0, 0.1) is 0 Å². The lowest BCUT2D eigenvalue weighted by Crippen LogP contribution is -2.35. The van der Waals surface area contributed by atoms with Gasteiger partial charge < -0.3 is 10.1 Å². The van der Waals surface area contributed by atoms with E-state index < -0.39 is 10.0 Å². The van der Waals surface area contributed by atoms with Crippen molar-refractivity contribution in [2.75, 3.05) is 25.0 Å². The van der Waals surface area contributed by atoms with Crippen molar-refractivity contribution in [3.63, 3.8) is 0 Å². The van der Waals surface area contributed by atoms with Crippen molar-refractivity contribution in [1.29, 1.82) is 0 Å². The molecule has 1 saturated heterocycles. The highest BCUT2D eigenvalue weighted by Gasteiger charge is 2.29. The summed E-state index contributed by atoms with van der Waals surface area (Å²) < 4.78 is 33.4. The van der Waals surface area contributed by atoms with Gasteiger partial charge in [-0.2, -0.15) is 4.31 Å². The second-order valence-corrected chi connectivity index (χ2v) is 9.98. The van der Waals surface area contributed by atoms with Gasteiger partial charge >= 0.3 is 0 Å². The molecule has 0 atom stereocenters.